The Kier molecular flexibility index (Phi) is 2.82. The molecule has 0 saturated heterocycles. The minimum absolute atomic E-state index is 0.835. The monoisotopic (exact) mass is 241 g/mol. The normalized spacial score (nSPS) is 19.9. The Bertz CT molecular complexity index is 574. The van der Waals surface area contributed by atoms with Gasteiger partial charge in [-0.25, -0.2) is 0 Å². The Morgan fingerprint density at radius 3 is 2.94 bits per heavy atom. The molecule has 1 aliphatic rings. The maximum atomic E-state index is 4.21. The summed E-state index contributed by atoms with van der Waals surface area (Å²) < 4.78 is 1.84. The van der Waals surface area contributed by atoms with Crippen LogP contribution in [-0.2, 0) is 7.05 Å². The van der Waals surface area contributed by atoms with Gasteiger partial charge in [0.05, 0.1) is 6.20 Å². The number of allylic oxidation sites excluding steroid dienone is 2. The number of aryl methyl sites for hydroxylation is 1. The van der Waals surface area contributed by atoms with Crippen LogP contribution in [0.4, 0.5) is 0 Å². The molecule has 0 bridgehead atoms. The number of nitrogens with zero attached hydrogens (tertiary/aromatic N) is 2. The first-order valence-corrected chi connectivity index (χ1v) is 6.59. The number of H-pyrrole nitrogens is 1. The molecule has 1 aliphatic carbocycles. The SMILES string of the molecule is CC1CC=C(c2cc(-c3cnn(C)c3)c[nH]2)CC1. The van der Waals surface area contributed by atoms with Crippen molar-refractivity contribution in [3.05, 3.63) is 36.4 Å². The van der Waals surface area contributed by atoms with Crippen molar-refractivity contribution in [2.75, 3.05) is 0 Å². The lowest BCUT2D eigenvalue weighted by Crippen LogP contribution is -2.00. The lowest BCUT2D eigenvalue weighted by Gasteiger charge is -2.17. The average Bonchev–Trinajstić information content (AvgIpc) is 2.98. The molecule has 2 heterocycles. The molecule has 2 aromatic heterocycles. The minimum atomic E-state index is 0.835. The van der Waals surface area contributed by atoms with E-state index in [1.807, 2.05) is 24.1 Å². The van der Waals surface area contributed by atoms with E-state index in [1.54, 1.807) is 0 Å². The van der Waals surface area contributed by atoms with Gasteiger partial charge < -0.3 is 4.98 Å². The summed E-state index contributed by atoms with van der Waals surface area (Å²) in [4.78, 5) is 3.39. The van der Waals surface area contributed by atoms with E-state index in [4.69, 9.17) is 0 Å². The molecule has 3 heteroatoms. The van der Waals surface area contributed by atoms with E-state index in [0.717, 1.165) is 5.92 Å². The van der Waals surface area contributed by atoms with Crippen LogP contribution >= 0.6 is 0 Å². The van der Waals surface area contributed by atoms with Gasteiger partial charge >= 0.3 is 0 Å². The zero-order valence-electron chi connectivity index (χ0n) is 11.0. The van der Waals surface area contributed by atoms with Crippen molar-refractivity contribution in [2.45, 2.75) is 26.2 Å². The summed E-state index contributed by atoms with van der Waals surface area (Å²) >= 11 is 0. The molecule has 1 unspecified atom stereocenters. The smallest absolute Gasteiger partial charge is 0.0568 e. The third-order valence-electron chi connectivity index (χ3n) is 3.74. The van der Waals surface area contributed by atoms with Gasteiger partial charge in [-0.2, -0.15) is 5.10 Å². The lowest BCUT2D eigenvalue weighted by molar-refractivity contribution is 0.533. The van der Waals surface area contributed by atoms with Crippen LogP contribution in [0.1, 0.15) is 31.9 Å². The summed E-state index contributed by atoms with van der Waals surface area (Å²) in [5.74, 6) is 0.835. The van der Waals surface area contributed by atoms with Gasteiger partial charge in [0, 0.05) is 36.3 Å². The van der Waals surface area contributed by atoms with Gasteiger partial charge in [0.2, 0.25) is 0 Å². The van der Waals surface area contributed by atoms with Gasteiger partial charge in [-0.15, -0.1) is 0 Å². The van der Waals surface area contributed by atoms with Gasteiger partial charge in [0.1, 0.15) is 0 Å². The third-order valence-corrected chi connectivity index (χ3v) is 3.74. The van der Waals surface area contributed by atoms with Crippen LogP contribution in [0.3, 0.4) is 0 Å². The summed E-state index contributed by atoms with van der Waals surface area (Å²) in [6, 6.07) is 2.23. The second kappa shape index (κ2) is 4.48. The fraction of sp³-hybridized carbons (Fsp3) is 0.400. The Morgan fingerprint density at radius 1 is 1.39 bits per heavy atom. The molecule has 0 aliphatic heterocycles. The maximum absolute atomic E-state index is 4.21. The molecule has 1 atom stereocenters. The predicted molar refractivity (Wildman–Crippen MR) is 74.0 cm³/mol. The van der Waals surface area contributed by atoms with E-state index in [2.05, 4.69) is 35.3 Å². The molecule has 3 rings (SSSR count). The lowest BCUT2D eigenvalue weighted by atomic mass is 9.89. The first-order valence-electron chi connectivity index (χ1n) is 6.59. The van der Waals surface area contributed by atoms with Crippen LogP contribution in [0.25, 0.3) is 16.7 Å². The summed E-state index contributed by atoms with van der Waals surface area (Å²) in [5.41, 5.74) is 5.12. The average molecular weight is 241 g/mol. The molecular formula is C15H19N3. The molecule has 0 spiro atoms. The van der Waals surface area contributed by atoms with Crippen molar-refractivity contribution in [2.24, 2.45) is 13.0 Å². The Labute approximate surface area is 108 Å². The quantitative estimate of drug-likeness (QED) is 0.856. The minimum Gasteiger partial charge on any atom is -0.361 e. The van der Waals surface area contributed by atoms with Gasteiger partial charge in [0.15, 0.2) is 0 Å². The Hall–Kier alpha value is -1.77. The summed E-state index contributed by atoms with van der Waals surface area (Å²) in [6.07, 6.45) is 12.1. The number of nitrogens with one attached hydrogen (secondary N) is 1. The molecular weight excluding hydrogens is 222 g/mol. The zero-order chi connectivity index (χ0) is 12.5. The summed E-state index contributed by atoms with van der Waals surface area (Å²) in [5, 5.41) is 4.21. The molecule has 94 valence electrons. The standard InChI is InChI=1S/C15H19N3/c1-11-3-5-12(6-4-11)15-7-13(8-16-15)14-9-17-18(2)10-14/h5,7-11,16H,3-4,6H2,1-2H3. The van der Waals surface area contributed by atoms with Crippen LogP contribution in [0.15, 0.2) is 30.7 Å². The molecule has 0 radical (unpaired) electrons. The molecule has 2 aromatic rings. The number of rotatable bonds is 2. The highest BCUT2D eigenvalue weighted by atomic mass is 15.2. The third kappa shape index (κ3) is 2.13. The zero-order valence-corrected chi connectivity index (χ0v) is 11.0. The first-order chi connectivity index (χ1) is 8.72. The van der Waals surface area contributed by atoms with Crippen molar-refractivity contribution < 1.29 is 0 Å². The first kappa shape index (κ1) is 11.3. The molecule has 18 heavy (non-hydrogen) atoms. The van der Waals surface area contributed by atoms with E-state index in [9.17, 15) is 0 Å². The fourth-order valence-electron chi connectivity index (χ4n) is 2.53. The number of hydrogen-bond acceptors (Lipinski definition) is 1. The van der Waals surface area contributed by atoms with E-state index < -0.39 is 0 Å². The maximum Gasteiger partial charge on any atom is 0.0568 e. The molecule has 0 saturated carbocycles. The topological polar surface area (TPSA) is 33.6 Å². The number of hydrogen-bond donors (Lipinski definition) is 1. The molecule has 0 amide bonds. The van der Waals surface area contributed by atoms with Crippen LogP contribution in [0, 0.1) is 5.92 Å². The van der Waals surface area contributed by atoms with E-state index in [-0.39, 0.29) is 0 Å². The molecule has 1 N–H and O–H groups in total. The van der Waals surface area contributed by atoms with Crippen molar-refractivity contribution in [3.8, 4) is 11.1 Å². The largest absolute Gasteiger partial charge is 0.361 e. The van der Waals surface area contributed by atoms with Crippen molar-refractivity contribution in [1.29, 1.82) is 0 Å². The van der Waals surface area contributed by atoms with Crippen LogP contribution in [0.2, 0.25) is 0 Å². The second-order valence-electron chi connectivity index (χ2n) is 5.31. The number of aromatic nitrogens is 3. The Balaban J connectivity index is 1.86. The van der Waals surface area contributed by atoms with Crippen LogP contribution < -0.4 is 0 Å². The van der Waals surface area contributed by atoms with Crippen LogP contribution in [-0.4, -0.2) is 14.8 Å². The van der Waals surface area contributed by atoms with Gasteiger partial charge in [-0.05, 0) is 36.8 Å². The van der Waals surface area contributed by atoms with E-state index >= 15 is 0 Å². The molecule has 0 aromatic carbocycles. The highest BCUT2D eigenvalue weighted by Gasteiger charge is 2.13. The number of aromatic amines is 1. The second-order valence-corrected chi connectivity index (χ2v) is 5.31. The molecule has 0 fully saturated rings. The van der Waals surface area contributed by atoms with Gasteiger partial charge in [0.25, 0.3) is 0 Å². The van der Waals surface area contributed by atoms with Gasteiger partial charge in [-0.3, -0.25) is 4.68 Å². The van der Waals surface area contributed by atoms with E-state index in [1.165, 1.54) is 41.7 Å². The fourth-order valence-corrected chi connectivity index (χ4v) is 2.53. The molecule has 3 nitrogen and oxygen atoms in total. The van der Waals surface area contributed by atoms with Crippen LogP contribution in [0.5, 0.6) is 0 Å². The predicted octanol–water partition coefficient (Wildman–Crippen LogP) is 3.62. The van der Waals surface area contributed by atoms with Crippen molar-refractivity contribution in [3.63, 3.8) is 0 Å². The van der Waals surface area contributed by atoms with Gasteiger partial charge in [-0.1, -0.05) is 13.0 Å². The highest BCUT2D eigenvalue weighted by Crippen LogP contribution is 2.31. The summed E-state index contributed by atoms with van der Waals surface area (Å²) in [7, 11) is 1.95. The van der Waals surface area contributed by atoms with E-state index in [0.29, 0.717) is 0 Å². The Morgan fingerprint density at radius 2 is 2.28 bits per heavy atom. The highest BCUT2D eigenvalue weighted by molar-refractivity contribution is 5.71. The van der Waals surface area contributed by atoms with Crippen molar-refractivity contribution in [1.82, 2.24) is 14.8 Å². The summed E-state index contributed by atoms with van der Waals surface area (Å²) in [6.45, 7) is 2.32. The van der Waals surface area contributed by atoms with Crippen molar-refractivity contribution >= 4 is 5.57 Å².